The summed E-state index contributed by atoms with van der Waals surface area (Å²) >= 11 is 0. The minimum atomic E-state index is -0.444. The van der Waals surface area contributed by atoms with Crippen LogP contribution in [0.15, 0.2) is 12.1 Å². The van der Waals surface area contributed by atoms with Gasteiger partial charge in [-0.1, -0.05) is 13.8 Å². The number of nitrogens with zero attached hydrogens (tertiary/aromatic N) is 2. The highest BCUT2D eigenvalue weighted by atomic mass is 16.2. The van der Waals surface area contributed by atoms with Gasteiger partial charge in [-0.2, -0.15) is 0 Å². The van der Waals surface area contributed by atoms with Gasteiger partial charge in [0.1, 0.15) is 6.04 Å². The van der Waals surface area contributed by atoms with E-state index in [-0.39, 0.29) is 11.8 Å². The van der Waals surface area contributed by atoms with Crippen molar-refractivity contribution in [2.75, 3.05) is 11.4 Å². The summed E-state index contributed by atoms with van der Waals surface area (Å²) in [5, 5.41) is 2.84. The third kappa shape index (κ3) is 3.60. The van der Waals surface area contributed by atoms with Gasteiger partial charge in [-0.15, -0.1) is 0 Å². The van der Waals surface area contributed by atoms with Crippen molar-refractivity contribution in [3.8, 4) is 0 Å². The topological polar surface area (TPSA) is 62.3 Å². The van der Waals surface area contributed by atoms with E-state index in [4.69, 9.17) is 0 Å². The molecule has 1 fully saturated rings. The lowest BCUT2D eigenvalue weighted by molar-refractivity contribution is -0.125. The molecule has 114 valence electrons. The summed E-state index contributed by atoms with van der Waals surface area (Å²) in [5.41, 5.74) is 2.54. The highest BCUT2D eigenvalue weighted by Crippen LogP contribution is 2.22. The van der Waals surface area contributed by atoms with Crippen molar-refractivity contribution in [3.05, 3.63) is 23.5 Å². The maximum atomic E-state index is 12.7. The van der Waals surface area contributed by atoms with E-state index in [1.165, 1.54) is 0 Å². The van der Waals surface area contributed by atoms with Crippen LogP contribution in [0.1, 0.15) is 38.1 Å². The van der Waals surface area contributed by atoms with E-state index >= 15 is 0 Å². The molecule has 0 spiro atoms. The summed E-state index contributed by atoms with van der Waals surface area (Å²) in [6.45, 7) is 8.33. The molecule has 1 aromatic rings. The van der Waals surface area contributed by atoms with Gasteiger partial charge in [0, 0.05) is 18.7 Å². The smallest absolute Gasteiger partial charge is 0.249 e. The predicted octanol–water partition coefficient (Wildman–Crippen LogP) is 1.97. The first-order valence-electron chi connectivity index (χ1n) is 7.43. The minimum Gasteiger partial charge on any atom is -0.344 e. The fourth-order valence-electron chi connectivity index (χ4n) is 2.67. The molecule has 0 bridgehead atoms. The predicted molar refractivity (Wildman–Crippen MR) is 82.1 cm³/mol. The molecule has 1 aliphatic heterocycles. The molecule has 2 heterocycles. The van der Waals surface area contributed by atoms with Gasteiger partial charge < -0.3 is 10.2 Å². The maximum absolute atomic E-state index is 12.7. The second kappa shape index (κ2) is 6.24. The van der Waals surface area contributed by atoms with Crippen LogP contribution in [0.3, 0.4) is 0 Å². The van der Waals surface area contributed by atoms with E-state index < -0.39 is 6.04 Å². The highest BCUT2D eigenvalue weighted by Gasteiger charge is 2.31. The molecule has 0 aromatic carbocycles. The molecule has 1 unspecified atom stereocenters. The number of aryl methyl sites for hydroxylation is 2. The van der Waals surface area contributed by atoms with Gasteiger partial charge in [0.25, 0.3) is 0 Å². The number of rotatable bonds is 3. The van der Waals surface area contributed by atoms with E-state index in [1.54, 1.807) is 4.90 Å². The Bertz CT molecular complexity index is 554. The number of amides is 2. The fourth-order valence-corrected chi connectivity index (χ4v) is 2.67. The summed E-state index contributed by atoms with van der Waals surface area (Å²) in [4.78, 5) is 30.7. The van der Waals surface area contributed by atoms with E-state index in [0.29, 0.717) is 25.3 Å². The third-order valence-corrected chi connectivity index (χ3v) is 3.66. The molecule has 0 saturated carbocycles. The molecular weight excluding hydrogens is 266 g/mol. The van der Waals surface area contributed by atoms with Crippen LogP contribution in [0.25, 0.3) is 0 Å². The zero-order valence-corrected chi connectivity index (χ0v) is 13.1. The van der Waals surface area contributed by atoms with Crippen LogP contribution < -0.4 is 10.2 Å². The number of aromatic nitrogens is 1. The fraction of sp³-hybridized carbons (Fsp3) is 0.562. The number of nitrogens with one attached hydrogen (secondary N) is 1. The van der Waals surface area contributed by atoms with Crippen molar-refractivity contribution in [1.82, 2.24) is 10.3 Å². The summed E-state index contributed by atoms with van der Waals surface area (Å²) in [5.74, 6) is 0.244. The molecule has 1 N–H and O–H groups in total. The van der Waals surface area contributed by atoms with Gasteiger partial charge in [0.2, 0.25) is 11.8 Å². The van der Waals surface area contributed by atoms with E-state index in [9.17, 15) is 9.59 Å². The van der Waals surface area contributed by atoms with Gasteiger partial charge in [-0.3, -0.25) is 14.6 Å². The van der Waals surface area contributed by atoms with Crippen LogP contribution in [-0.4, -0.2) is 29.4 Å². The van der Waals surface area contributed by atoms with Gasteiger partial charge in [-0.25, -0.2) is 0 Å². The molecule has 1 atom stereocenters. The van der Waals surface area contributed by atoms with Crippen molar-refractivity contribution >= 4 is 17.5 Å². The molecule has 0 aliphatic carbocycles. The quantitative estimate of drug-likeness (QED) is 0.925. The Morgan fingerprint density at radius 1 is 1.33 bits per heavy atom. The van der Waals surface area contributed by atoms with Crippen LogP contribution in [0, 0.1) is 19.8 Å². The number of carbonyl (C=O) groups is 2. The molecule has 1 aromatic heterocycles. The Morgan fingerprint density at radius 3 is 2.67 bits per heavy atom. The first-order valence-corrected chi connectivity index (χ1v) is 7.43. The molecule has 5 heteroatoms. The second-order valence-electron chi connectivity index (χ2n) is 6.05. The zero-order valence-electron chi connectivity index (χ0n) is 13.1. The average molecular weight is 289 g/mol. The number of hydrogen-bond acceptors (Lipinski definition) is 3. The molecule has 5 nitrogen and oxygen atoms in total. The number of hydrogen-bond donors (Lipinski definition) is 1. The molecule has 0 radical (unpaired) electrons. The lowest BCUT2D eigenvalue weighted by Gasteiger charge is -2.26. The normalized spacial score (nSPS) is 19.7. The van der Waals surface area contributed by atoms with Gasteiger partial charge in [-0.05, 0) is 38.3 Å². The summed E-state index contributed by atoms with van der Waals surface area (Å²) in [7, 11) is 0. The molecule has 21 heavy (non-hydrogen) atoms. The van der Waals surface area contributed by atoms with Crippen LogP contribution in [0.5, 0.6) is 0 Å². The van der Waals surface area contributed by atoms with E-state index in [1.807, 2.05) is 39.8 Å². The largest absolute Gasteiger partial charge is 0.344 e. The van der Waals surface area contributed by atoms with E-state index in [0.717, 1.165) is 17.1 Å². The first kappa shape index (κ1) is 15.5. The average Bonchev–Trinajstić information content (AvgIpc) is 2.51. The molecule has 1 saturated heterocycles. The Labute approximate surface area is 125 Å². The SMILES string of the molecule is Cc1ccc(N2CCC(=O)NC(CC(C)C)C2=O)c(C)n1. The van der Waals surface area contributed by atoms with Crippen molar-refractivity contribution in [3.63, 3.8) is 0 Å². The minimum absolute atomic E-state index is 0.0386. The maximum Gasteiger partial charge on any atom is 0.249 e. The molecule has 1 aliphatic rings. The van der Waals surface area contributed by atoms with Crippen LogP contribution in [0.4, 0.5) is 5.69 Å². The van der Waals surface area contributed by atoms with Gasteiger partial charge in [0.15, 0.2) is 0 Å². The summed E-state index contributed by atoms with van der Waals surface area (Å²) in [6.07, 6.45) is 0.979. The third-order valence-electron chi connectivity index (χ3n) is 3.66. The van der Waals surface area contributed by atoms with Crippen molar-refractivity contribution < 1.29 is 9.59 Å². The van der Waals surface area contributed by atoms with Gasteiger partial charge in [0.05, 0.1) is 11.4 Å². The lowest BCUT2D eigenvalue weighted by Crippen LogP contribution is -2.45. The lowest BCUT2D eigenvalue weighted by atomic mass is 10.0. The highest BCUT2D eigenvalue weighted by molar-refractivity contribution is 6.01. The van der Waals surface area contributed by atoms with Crippen LogP contribution in [-0.2, 0) is 9.59 Å². The monoisotopic (exact) mass is 289 g/mol. The Morgan fingerprint density at radius 2 is 2.05 bits per heavy atom. The zero-order chi connectivity index (χ0) is 15.6. The molecular formula is C16H23N3O2. The summed E-state index contributed by atoms with van der Waals surface area (Å²) < 4.78 is 0. The van der Waals surface area contributed by atoms with E-state index in [2.05, 4.69) is 10.3 Å². The molecule has 2 amide bonds. The number of carbonyl (C=O) groups excluding carboxylic acids is 2. The second-order valence-corrected chi connectivity index (χ2v) is 6.05. The summed E-state index contributed by atoms with van der Waals surface area (Å²) in [6, 6.07) is 3.37. The number of pyridine rings is 1. The van der Waals surface area contributed by atoms with Gasteiger partial charge >= 0.3 is 0 Å². The van der Waals surface area contributed by atoms with Crippen LogP contribution >= 0.6 is 0 Å². The standard InChI is InChI=1S/C16H23N3O2/c1-10(2)9-13-16(21)19(8-7-15(20)18-13)14-6-5-11(3)17-12(14)4/h5-6,10,13H,7-9H2,1-4H3,(H,18,20). The number of anilines is 1. The Hall–Kier alpha value is -1.91. The Balaban J connectivity index is 2.32. The molecule has 2 rings (SSSR count). The first-order chi connectivity index (χ1) is 9.88. The van der Waals surface area contributed by atoms with Crippen molar-refractivity contribution in [2.24, 2.45) is 5.92 Å². The van der Waals surface area contributed by atoms with Crippen molar-refractivity contribution in [1.29, 1.82) is 0 Å². The Kier molecular flexibility index (Phi) is 4.60. The van der Waals surface area contributed by atoms with Crippen molar-refractivity contribution in [2.45, 2.75) is 46.6 Å². The van der Waals surface area contributed by atoms with Crippen LogP contribution in [0.2, 0.25) is 0 Å².